The topological polar surface area (TPSA) is 48.1 Å². The first-order valence-electron chi connectivity index (χ1n) is 5.80. The van der Waals surface area contributed by atoms with Crippen LogP contribution in [0.25, 0.3) is 0 Å². The van der Waals surface area contributed by atoms with Crippen molar-refractivity contribution >= 4 is 27.5 Å². The lowest BCUT2D eigenvalue weighted by molar-refractivity contribution is 0.455. The molecule has 0 aliphatic rings. The Morgan fingerprint density at radius 2 is 1.89 bits per heavy atom. The van der Waals surface area contributed by atoms with Crippen molar-refractivity contribution in [1.82, 2.24) is 4.98 Å². The molecule has 0 atom stereocenters. The molecule has 0 aliphatic heterocycles. The first-order chi connectivity index (χ1) is 9.01. The first-order valence-corrected chi connectivity index (χ1v) is 6.97. The maximum atomic E-state index is 6.13. The van der Waals surface area contributed by atoms with Crippen LogP contribution in [0.2, 0.25) is 5.02 Å². The Labute approximate surface area is 125 Å². The molecule has 0 unspecified atom stereocenters. The fourth-order valence-electron chi connectivity index (χ4n) is 1.78. The number of halogens is 2. The summed E-state index contributed by atoms with van der Waals surface area (Å²) in [4.78, 5) is 4.24. The van der Waals surface area contributed by atoms with Gasteiger partial charge < -0.3 is 10.5 Å². The SMILES string of the molecule is Cc1cc(Oc2ncc(Br)cc2CN)cc(C)c1Cl. The summed E-state index contributed by atoms with van der Waals surface area (Å²) in [5.74, 6) is 1.23. The Morgan fingerprint density at radius 3 is 2.47 bits per heavy atom. The molecule has 1 aromatic heterocycles. The van der Waals surface area contributed by atoms with Gasteiger partial charge in [0.15, 0.2) is 0 Å². The number of hydrogen-bond donors (Lipinski definition) is 1. The Balaban J connectivity index is 2.36. The quantitative estimate of drug-likeness (QED) is 0.902. The summed E-state index contributed by atoms with van der Waals surface area (Å²) < 4.78 is 6.68. The third-order valence-corrected chi connectivity index (χ3v) is 3.77. The van der Waals surface area contributed by atoms with Crippen molar-refractivity contribution in [3.8, 4) is 11.6 Å². The summed E-state index contributed by atoms with van der Waals surface area (Å²) in [7, 11) is 0. The van der Waals surface area contributed by atoms with Gasteiger partial charge in [-0.25, -0.2) is 4.98 Å². The highest BCUT2D eigenvalue weighted by molar-refractivity contribution is 9.10. The lowest BCUT2D eigenvalue weighted by Crippen LogP contribution is -2.01. The molecule has 0 radical (unpaired) electrons. The number of hydrogen-bond acceptors (Lipinski definition) is 3. The zero-order valence-electron chi connectivity index (χ0n) is 10.7. The molecular weight excluding hydrogens is 328 g/mol. The molecule has 2 rings (SSSR count). The van der Waals surface area contributed by atoms with Crippen LogP contribution in [0.3, 0.4) is 0 Å². The van der Waals surface area contributed by atoms with E-state index < -0.39 is 0 Å². The highest BCUT2D eigenvalue weighted by atomic mass is 79.9. The van der Waals surface area contributed by atoms with E-state index in [1.54, 1.807) is 6.20 Å². The maximum Gasteiger partial charge on any atom is 0.223 e. The zero-order valence-corrected chi connectivity index (χ0v) is 13.0. The van der Waals surface area contributed by atoms with Gasteiger partial charge in [-0.05, 0) is 59.1 Å². The summed E-state index contributed by atoms with van der Waals surface area (Å²) in [6.45, 7) is 4.26. The summed E-state index contributed by atoms with van der Waals surface area (Å²) >= 11 is 9.50. The van der Waals surface area contributed by atoms with E-state index in [1.165, 1.54) is 0 Å². The molecular formula is C14H14BrClN2O. The van der Waals surface area contributed by atoms with Crippen LogP contribution in [0.5, 0.6) is 11.6 Å². The zero-order chi connectivity index (χ0) is 14.0. The summed E-state index contributed by atoms with van der Waals surface area (Å²) in [6, 6.07) is 5.68. The number of benzene rings is 1. The molecule has 0 aliphatic carbocycles. The predicted octanol–water partition coefficient (Wildman–Crippen LogP) is 4.37. The van der Waals surface area contributed by atoms with Crippen LogP contribution >= 0.6 is 27.5 Å². The second kappa shape index (κ2) is 5.90. The molecule has 2 aromatic rings. The monoisotopic (exact) mass is 340 g/mol. The van der Waals surface area contributed by atoms with Gasteiger partial charge in [0.25, 0.3) is 0 Å². The highest BCUT2D eigenvalue weighted by Gasteiger charge is 2.09. The Morgan fingerprint density at radius 1 is 1.26 bits per heavy atom. The largest absolute Gasteiger partial charge is 0.439 e. The van der Waals surface area contributed by atoms with Gasteiger partial charge in [-0.1, -0.05) is 11.6 Å². The van der Waals surface area contributed by atoms with E-state index in [1.807, 2.05) is 32.0 Å². The molecule has 3 nitrogen and oxygen atoms in total. The van der Waals surface area contributed by atoms with Gasteiger partial charge >= 0.3 is 0 Å². The molecule has 1 aromatic carbocycles. The number of nitrogens with two attached hydrogens (primary N) is 1. The standard InChI is InChI=1S/C14H14BrClN2O/c1-8-3-12(4-9(2)13(8)16)19-14-10(6-17)5-11(15)7-18-14/h3-5,7H,6,17H2,1-2H3. The Bertz CT molecular complexity index is 593. The molecule has 1 heterocycles. The molecule has 19 heavy (non-hydrogen) atoms. The minimum atomic E-state index is 0.368. The number of pyridine rings is 1. The minimum absolute atomic E-state index is 0.368. The van der Waals surface area contributed by atoms with Gasteiger partial charge in [-0.2, -0.15) is 0 Å². The van der Waals surface area contributed by atoms with Gasteiger partial charge in [0.1, 0.15) is 5.75 Å². The second-order valence-corrected chi connectivity index (χ2v) is 5.59. The molecule has 0 saturated heterocycles. The fourth-order valence-corrected chi connectivity index (χ4v) is 2.27. The Kier molecular flexibility index (Phi) is 4.45. The average molecular weight is 342 g/mol. The lowest BCUT2D eigenvalue weighted by atomic mass is 10.1. The lowest BCUT2D eigenvalue weighted by Gasteiger charge is -2.11. The number of aryl methyl sites for hydroxylation is 2. The summed E-state index contributed by atoms with van der Waals surface area (Å²) in [5, 5.41) is 0.759. The van der Waals surface area contributed by atoms with E-state index in [9.17, 15) is 0 Å². The highest BCUT2D eigenvalue weighted by Crippen LogP contribution is 2.30. The van der Waals surface area contributed by atoms with E-state index in [2.05, 4.69) is 20.9 Å². The molecule has 0 bridgehead atoms. The smallest absolute Gasteiger partial charge is 0.223 e. The summed E-state index contributed by atoms with van der Waals surface area (Å²) in [6.07, 6.45) is 1.68. The third kappa shape index (κ3) is 3.26. The van der Waals surface area contributed by atoms with E-state index >= 15 is 0 Å². The van der Waals surface area contributed by atoms with E-state index in [0.717, 1.165) is 26.2 Å². The number of aromatic nitrogens is 1. The number of rotatable bonds is 3. The van der Waals surface area contributed by atoms with Crippen molar-refractivity contribution in [1.29, 1.82) is 0 Å². The molecule has 0 fully saturated rings. The number of ether oxygens (including phenoxy) is 1. The molecule has 100 valence electrons. The molecule has 0 spiro atoms. The molecule has 2 N–H and O–H groups in total. The molecule has 0 saturated carbocycles. The van der Waals surface area contributed by atoms with Crippen LogP contribution in [0, 0.1) is 13.8 Å². The first kappa shape index (κ1) is 14.3. The van der Waals surface area contributed by atoms with Crippen molar-refractivity contribution in [2.75, 3.05) is 0 Å². The van der Waals surface area contributed by atoms with Gasteiger partial charge in [0.05, 0.1) is 0 Å². The molecule has 5 heteroatoms. The number of nitrogens with zero attached hydrogens (tertiary/aromatic N) is 1. The normalized spacial score (nSPS) is 10.6. The fraction of sp³-hybridized carbons (Fsp3) is 0.214. The van der Waals surface area contributed by atoms with E-state index in [4.69, 9.17) is 22.1 Å². The van der Waals surface area contributed by atoms with Crippen molar-refractivity contribution in [3.05, 3.63) is 50.6 Å². The van der Waals surface area contributed by atoms with Crippen LogP contribution in [0.4, 0.5) is 0 Å². The van der Waals surface area contributed by atoms with E-state index in [-0.39, 0.29) is 0 Å². The van der Waals surface area contributed by atoms with Crippen molar-refractivity contribution in [2.45, 2.75) is 20.4 Å². The van der Waals surface area contributed by atoms with Gasteiger partial charge in [-0.15, -0.1) is 0 Å². The van der Waals surface area contributed by atoms with Gasteiger partial charge in [0.2, 0.25) is 5.88 Å². The van der Waals surface area contributed by atoms with Crippen LogP contribution in [-0.2, 0) is 6.54 Å². The minimum Gasteiger partial charge on any atom is -0.439 e. The Hall–Kier alpha value is -1.10. The van der Waals surface area contributed by atoms with Crippen molar-refractivity contribution in [2.24, 2.45) is 5.73 Å². The van der Waals surface area contributed by atoms with Crippen LogP contribution in [-0.4, -0.2) is 4.98 Å². The van der Waals surface area contributed by atoms with Crippen molar-refractivity contribution in [3.63, 3.8) is 0 Å². The van der Waals surface area contributed by atoms with Crippen LogP contribution in [0.1, 0.15) is 16.7 Å². The summed E-state index contributed by atoms with van der Waals surface area (Å²) in [5.41, 5.74) is 8.49. The predicted molar refractivity (Wildman–Crippen MR) is 80.8 cm³/mol. The second-order valence-electron chi connectivity index (χ2n) is 4.30. The van der Waals surface area contributed by atoms with Crippen LogP contribution in [0.15, 0.2) is 28.9 Å². The molecule has 0 amide bonds. The third-order valence-electron chi connectivity index (χ3n) is 2.74. The van der Waals surface area contributed by atoms with Gasteiger partial charge in [0, 0.05) is 27.8 Å². The maximum absolute atomic E-state index is 6.13. The average Bonchev–Trinajstić information content (AvgIpc) is 2.38. The van der Waals surface area contributed by atoms with Crippen LogP contribution < -0.4 is 10.5 Å². The van der Waals surface area contributed by atoms with Crippen molar-refractivity contribution < 1.29 is 4.74 Å². The van der Waals surface area contributed by atoms with E-state index in [0.29, 0.717) is 18.2 Å². The van der Waals surface area contributed by atoms with Gasteiger partial charge in [-0.3, -0.25) is 0 Å².